The summed E-state index contributed by atoms with van der Waals surface area (Å²) in [6, 6.07) is 15.2. The molecule has 3 aromatic carbocycles. The SMILES string of the molecule is CC1(C)/C(=N\SCC(=S)Nc2ccc(C#N)c(C(F)(F)F)c2)N(c2ccc(C#N)c(C(F)(F)F)c2)C(=S)N1c1ccc(O)cc1. The molecule has 0 bridgehead atoms. The fourth-order valence-corrected chi connectivity index (χ4v) is 6.01. The number of nitrogens with zero attached hydrogens (tertiary/aromatic N) is 5. The molecular formula is C29H20F6N6OS3. The highest BCUT2D eigenvalue weighted by molar-refractivity contribution is 8.00. The van der Waals surface area contributed by atoms with Gasteiger partial charge >= 0.3 is 12.4 Å². The minimum absolute atomic E-state index is 0.000605. The van der Waals surface area contributed by atoms with Crippen molar-refractivity contribution in [2.24, 2.45) is 4.40 Å². The van der Waals surface area contributed by atoms with Gasteiger partial charge in [-0.05, 0) is 98.7 Å². The zero-order valence-electron chi connectivity index (χ0n) is 23.2. The highest BCUT2D eigenvalue weighted by Crippen LogP contribution is 2.41. The number of alkyl halides is 6. The second kappa shape index (κ2) is 12.5. The largest absolute Gasteiger partial charge is 0.508 e. The first-order valence-corrected chi connectivity index (χ1v) is 14.4. The second-order valence-corrected chi connectivity index (χ2v) is 11.6. The zero-order valence-corrected chi connectivity index (χ0v) is 25.6. The fourth-order valence-electron chi connectivity index (χ4n) is 4.53. The van der Waals surface area contributed by atoms with Gasteiger partial charge in [-0.15, -0.1) is 0 Å². The number of nitrogens with one attached hydrogen (secondary N) is 1. The van der Waals surface area contributed by atoms with Gasteiger partial charge in [-0.1, -0.05) is 12.2 Å². The average Bonchev–Trinajstić information content (AvgIpc) is 3.16. The monoisotopic (exact) mass is 678 g/mol. The number of nitriles is 2. The van der Waals surface area contributed by atoms with Crippen molar-refractivity contribution in [3.05, 3.63) is 82.9 Å². The molecule has 1 aliphatic heterocycles. The normalized spacial score (nSPS) is 15.6. The summed E-state index contributed by atoms with van der Waals surface area (Å²) in [4.78, 5) is 3.05. The second-order valence-electron chi connectivity index (χ2n) is 9.97. The van der Waals surface area contributed by atoms with E-state index in [2.05, 4.69) is 9.71 Å². The highest BCUT2D eigenvalue weighted by atomic mass is 32.2. The summed E-state index contributed by atoms with van der Waals surface area (Å²) in [6.07, 6.45) is -9.60. The van der Waals surface area contributed by atoms with E-state index in [4.69, 9.17) is 29.7 Å². The molecule has 45 heavy (non-hydrogen) atoms. The van der Waals surface area contributed by atoms with Crippen LogP contribution >= 0.6 is 36.4 Å². The molecule has 0 radical (unpaired) electrons. The summed E-state index contributed by atoms with van der Waals surface area (Å²) in [5.41, 5.74) is -4.00. The molecule has 1 heterocycles. The van der Waals surface area contributed by atoms with Gasteiger partial charge in [0.2, 0.25) is 0 Å². The maximum Gasteiger partial charge on any atom is 0.417 e. The van der Waals surface area contributed by atoms with Crippen molar-refractivity contribution in [1.82, 2.24) is 0 Å². The number of benzene rings is 3. The molecule has 0 aliphatic carbocycles. The Morgan fingerprint density at radius 2 is 1.44 bits per heavy atom. The van der Waals surface area contributed by atoms with Crippen molar-refractivity contribution in [3.63, 3.8) is 0 Å². The summed E-state index contributed by atoms with van der Waals surface area (Å²) in [6.45, 7) is 3.46. The average molecular weight is 679 g/mol. The van der Waals surface area contributed by atoms with E-state index in [1.165, 1.54) is 35.2 Å². The molecule has 0 saturated carbocycles. The van der Waals surface area contributed by atoms with Crippen molar-refractivity contribution in [2.45, 2.75) is 31.7 Å². The lowest BCUT2D eigenvalue weighted by Crippen LogP contribution is -2.44. The summed E-state index contributed by atoms with van der Waals surface area (Å²) < 4.78 is 86.3. The van der Waals surface area contributed by atoms with E-state index in [1.54, 1.807) is 36.9 Å². The number of anilines is 3. The smallest absolute Gasteiger partial charge is 0.417 e. The van der Waals surface area contributed by atoms with E-state index in [0.717, 1.165) is 36.2 Å². The molecule has 0 atom stereocenters. The lowest BCUT2D eigenvalue weighted by atomic mass is 10.0. The van der Waals surface area contributed by atoms with Gasteiger partial charge in [0.15, 0.2) is 5.11 Å². The molecule has 2 N–H and O–H groups in total. The maximum absolute atomic E-state index is 13.9. The number of phenolic OH excluding ortho intramolecular Hbond substituents is 1. The van der Waals surface area contributed by atoms with Crippen LogP contribution in [0, 0.1) is 22.7 Å². The molecular weight excluding hydrogens is 659 g/mol. The Morgan fingerprint density at radius 1 is 0.911 bits per heavy atom. The fraction of sp³-hybridized carbons (Fsp3) is 0.207. The molecule has 7 nitrogen and oxygen atoms in total. The molecule has 4 rings (SSSR count). The lowest BCUT2D eigenvalue weighted by Gasteiger charge is -2.30. The maximum atomic E-state index is 13.9. The third kappa shape index (κ3) is 6.98. The highest BCUT2D eigenvalue weighted by Gasteiger charge is 2.49. The predicted molar refractivity (Wildman–Crippen MR) is 168 cm³/mol. The van der Waals surface area contributed by atoms with E-state index < -0.39 is 40.1 Å². The Balaban J connectivity index is 1.69. The predicted octanol–water partition coefficient (Wildman–Crippen LogP) is 8.05. The summed E-state index contributed by atoms with van der Waals surface area (Å²) in [5.74, 6) is 0.136. The molecule has 0 amide bonds. The summed E-state index contributed by atoms with van der Waals surface area (Å²) >= 11 is 11.9. The molecule has 0 aromatic heterocycles. The van der Waals surface area contributed by atoms with E-state index in [1.807, 2.05) is 0 Å². The Labute approximate surface area is 268 Å². The molecule has 0 unspecified atom stereocenters. The van der Waals surface area contributed by atoms with Crippen LogP contribution in [0.4, 0.5) is 43.4 Å². The molecule has 1 fully saturated rings. The minimum atomic E-state index is -4.84. The number of hydrogen-bond donors (Lipinski definition) is 2. The Bertz CT molecular complexity index is 1780. The molecule has 3 aromatic rings. The van der Waals surface area contributed by atoms with Gasteiger partial charge in [0.1, 0.15) is 17.1 Å². The number of thiocarbonyl (C=S) groups is 2. The minimum Gasteiger partial charge on any atom is -0.508 e. The number of halogens is 6. The summed E-state index contributed by atoms with van der Waals surface area (Å²) in [5, 5.41) is 30.8. The molecule has 1 saturated heterocycles. The lowest BCUT2D eigenvalue weighted by molar-refractivity contribution is -0.138. The quantitative estimate of drug-likeness (QED) is 0.152. The van der Waals surface area contributed by atoms with Crippen LogP contribution < -0.4 is 15.1 Å². The standard InChI is InChI=1S/C29H20F6N6OS3/c1-27(2)25(39-45-15-24(43)38-18-5-3-16(13-36)22(11-18)28(30,31)32)40(26(44)41(27)19-7-9-21(42)10-8-19)20-6-4-17(14-37)23(12-20)29(33,34)35/h3-12,42H,15H2,1-2H3,(H,38,43)/b39-25+. The van der Waals surface area contributed by atoms with Gasteiger partial charge in [-0.2, -0.15) is 41.3 Å². The van der Waals surface area contributed by atoms with Crippen molar-refractivity contribution >= 4 is 69.4 Å². The van der Waals surface area contributed by atoms with Crippen LogP contribution in [0.5, 0.6) is 5.75 Å². The van der Waals surface area contributed by atoms with Gasteiger partial charge in [0, 0.05) is 11.4 Å². The van der Waals surface area contributed by atoms with Gasteiger partial charge < -0.3 is 15.3 Å². The zero-order chi connectivity index (χ0) is 33.3. The van der Waals surface area contributed by atoms with E-state index in [9.17, 15) is 36.7 Å². The first-order chi connectivity index (χ1) is 21.0. The van der Waals surface area contributed by atoms with Crippen molar-refractivity contribution in [2.75, 3.05) is 20.9 Å². The molecule has 0 spiro atoms. The molecule has 1 aliphatic rings. The van der Waals surface area contributed by atoms with Crippen LogP contribution in [0.2, 0.25) is 0 Å². The third-order valence-corrected chi connectivity index (χ3v) is 8.09. The van der Waals surface area contributed by atoms with Crippen molar-refractivity contribution < 1.29 is 31.4 Å². The summed E-state index contributed by atoms with van der Waals surface area (Å²) in [7, 11) is 0. The van der Waals surface area contributed by atoms with Crippen LogP contribution in [-0.2, 0) is 12.4 Å². The van der Waals surface area contributed by atoms with Crippen LogP contribution in [0.1, 0.15) is 36.1 Å². The third-order valence-electron chi connectivity index (χ3n) is 6.57. The Kier molecular flexibility index (Phi) is 9.35. The van der Waals surface area contributed by atoms with Crippen molar-refractivity contribution in [1.29, 1.82) is 10.5 Å². The van der Waals surface area contributed by atoms with Crippen LogP contribution in [0.3, 0.4) is 0 Å². The first-order valence-electron chi connectivity index (χ1n) is 12.7. The molecule has 16 heteroatoms. The van der Waals surface area contributed by atoms with Crippen LogP contribution in [0.15, 0.2) is 65.1 Å². The number of phenols is 1. The number of hydrogen-bond acceptors (Lipinski definition) is 7. The van der Waals surface area contributed by atoms with E-state index >= 15 is 0 Å². The van der Waals surface area contributed by atoms with Gasteiger partial charge in [0.05, 0.1) is 50.8 Å². The Morgan fingerprint density at radius 3 is 2.00 bits per heavy atom. The van der Waals surface area contributed by atoms with Crippen molar-refractivity contribution in [3.8, 4) is 17.9 Å². The first kappa shape index (κ1) is 33.5. The van der Waals surface area contributed by atoms with E-state index in [0.29, 0.717) is 5.69 Å². The number of amidine groups is 1. The molecule has 232 valence electrons. The number of rotatable bonds is 6. The number of aromatic hydroxyl groups is 1. The van der Waals surface area contributed by atoms with Gasteiger partial charge in [-0.25, -0.2) is 0 Å². The van der Waals surface area contributed by atoms with Gasteiger partial charge in [0.25, 0.3) is 0 Å². The van der Waals surface area contributed by atoms with Crippen LogP contribution in [-0.4, -0.2) is 32.3 Å². The van der Waals surface area contributed by atoms with E-state index in [-0.39, 0.29) is 38.8 Å². The topological polar surface area (TPSA) is 98.7 Å². The van der Waals surface area contributed by atoms with Crippen LogP contribution in [0.25, 0.3) is 0 Å². The Hall–Kier alpha value is -4.38. The van der Waals surface area contributed by atoms with Gasteiger partial charge in [-0.3, -0.25) is 4.90 Å².